The number of nitrogens with zero attached hydrogens (tertiary/aromatic N) is 1. The molecule has 1 rings (SSSR count). The lowest BCUT2D eigenvalue weighted by Gasteiger charge is -2.21. The standard InChI is InChI=1S/C15H25FN2/c1-4-8-17-10-13(2)11-18(3)12-14-6-5-7-15(16)9-14/h5-7,9,13,17H,4,8,10-12H2,1-3H3. The van der Waals surface area contributed by atoms with Crippen molar-refractivity contribution in [2.24, 2.45) is 5.92 Å². The Labute approximate surface area is 110 Å². The molecule has 102 valence electrons. The summed E-state index contributed by atoms with van der Waals surface area (Å²) >= 11 is 0. The first-order valence-corrected chi connectivity index (χ1v) is 6.75. The minimum absolute atomic E-state index is 0.154. The van der Waals surface area contributed by atoms with E-state index in [9.17, 15) is 4.39 Å². The average molecular weight is 252 g/mol. The molecule has 18 heavy (non-hydrogen) atoms. The Hall–Kier alpha value is -0.930. The molecule has 0 fully saturated rings. The molecule has 0 radical (unpaired) electrons. The van der Waals surface area contributed by atoms with E-state index in [1.807, 2.05) is 6.07 Å². The highest BCUT2D eigenvalue weighted by Crippen LogP contribution is 2.07. The van der Waals surface area contributed by atoms with E-state index in [1.165, 1.54) is 12.5 Å². The summed E-state index contributed by atoms with van der Waals surface area (Å²) in [6.45, 7) is 8.36. The normalized spacial score (nSPS) is 12.9. The van der Waals surface area contributed by atoms with Gasteiger partial charge in [0.25, 0.3) is 0 Å². The highest BCUT2D eigenvalue weighted by atomic mass is 19.1. The molecule has 0 aliphatic heterocycles. The zero-order chi connectivity index (χ0) is 13.4. The average Bonchev–Trinajstić information content (AvgIpc) is 2.29. The minimum atomic E-state index is -0.154. The zero-order valence-electron chi connectivity index (χ0n) is 11.7. The fraction of sp³-hybridized carbons (Fsp3) is 0.600. The van der Waals surface area contributed by atoms with Crippen LogP contribution in [0.15, 0.2) is 24.3 Å². The Morgan fingerprint density at radius 1 is 1.39 bits per heavy atom. The molecular formula is C15H25FN2. The highest BCUT2D eigenvalue weighted by Gasteiger charge is 2.07. The maximum atomic E-state index is 13.1. The van der Waals surface area contributed by atoms with Crippen molar-refractivity contribution in [3.8, 4) is 0 Å². The number of benzene rings is 1. The SMILES string of the molecule is CCCNCC(C)CN(C)Cc1cccc(F)c1. The van der Waals surface area contributed by atoms with Gasteiger partial charge in [-0.05, 0) is 50.2 Å². The summed E-state index contributed by atoms with van der Waals surface area (Å²) in [5.74, 6) is 0.452. The number of rotatable bonds is 8. The molecule has 0 saturated heterocycles. The van der Waals surface area contributed by atoms with Gasteiger partial charge in [0.05, 0.1) is 0 Å². The first kappa shape index (κ1) is 15.1. The molecular weight excluding hydrogens is 227 g/mol. The molecule has 0 saturated carbocycles. The third-order valence-corrected chi connectivity index (χ3v) is 2.88. The molecule has 0 heterocycles. The van der Waals surface area contributed by atoms with Gasteiger partial charge < -0.3 is 10.2 Å². The smallest absolute Gasteiger partial charge is 0.123 e. The van der Waals surface area contributed by atoms with E-state index in [2.05, 4.69) is 31.1 Å². The van der Waals surface area contributed by atoms with Crippen LogP contribution in [-0.4, -0.2) is 31.6 Å². The van der Waals surface area contributed by atoms with Crippen LogP contribution < -0.4 is 5.32 Å². The summed E-state index contributed by atoms with van der Waals surface area (Å²) in [5.41, 5.74) is 1.03. The third kappa shape index (κ3) is 6.12. The van der Waals surface area contributed by atoms with E-state index in [-0.39, 0.29) is 5.82 Å². The van der Waals surface area contributed by atoms with E-state index in [0.717, 1.165) is 31.7 Å². The van der Waals surface area contributed by atoms with Crippen molar-refractivity contribution in [1.29, 1.82) is 0 Å². The maximum Gasteiger partial charge on any atom is 0.123 e. The highest BCUT2D eigenvalue weighted by molar-refractivity contribution is 5.15. The second-order valence-corrected chi connectivity index (χ2v) is 5.14. The topological polar surface area (TPSA) is 15.3 Å². The summed E-state index contributed by atoms with van der Waals surface area (Å²) in [4.78, 5) is 2.24. The van der Waals surface area contributed by atoms with Crippen molar-refractivity contribution >= 4 is 0 Å². The van der Waals surface area contributed by atoms with Crippen molar-refractivity contribution < 1.29 is 4.39 Å². The molecule has 0 aliphatic carbocycles. The summed E-state index contributed by atoms with van der Waals surface area (Å²) < 4.78 is 13.1. The molecule has 0 spiro atoms. The Bertz CT molecular complexity index is 341. The predicted octanol–water partition coefficient (Wildman–Crippen LogP) is 2.89. The largest absolute Gasteiger partial charge is 0.316 e. The van der Waals surface area contributed by atoms with Gasteiger partial charge in [0.1, 0.15) is 5.82 Å². The molecule has 1 aromatic carbocycles. The van der Waals surface area contributed by atoms with Crippen molar-refractivity contribution in [2.75, 3.05) is 26.7 Å². The lowest BCUT2D eigenvalue weighted by Crippen LogP contribution is -2.31. The van der Waals surface area contributed by atoms with Gasteiger partial charge in [0, 0.05) is 13.1 Å². The Morgan fingerprint density at radius 2 is 2.17 bits per heavy atom. The lowest BCUT2D eigenvalue weighted by molar-refractivity contribution is 0.274. The molecule has 0 bridgehead atoms. The molecule has 0 aliphatic rings. The summed E-state index contributed by atoms with van der Waals surface area (Å²) in [6.07, 6.45) is 1.17. The van der Waals surface area contributed by atoms with Crippen LogP contribution in [0, 0.1) is 11.7 Å². The molecule has 1 unspecified atom stereocenters. The van der Waals surface area contributed by atoms with Crippen LogP contribution in [-0.2, 0) is 6.54 Å². The van der Waals surface area contributed by atoms with E-state index in [0.29, 0.717) is 5.92 Å². The second kappa shape index (κ2) is 8.22. The first-order valence-electron chi connectivity index (χ1n) is 6.75. The molecule has 0 amide bonds. The summed E-state index contributed by atoms with van der Waals surface area (Å²) in [7, 11) is 2.08. The Morgan fingerprint density at radius 3 is 2.83 bits per heavy atom. The summed E-state index contributed by atoms with van der Waals surface area (Å²) in [5, 5.41) is 3.43. The number of hydrogen-bond acceptors (Lipinski definition) is 2. The van der Waals surface area contributed by atoms with Crippen molar-refractivity contribution in [3.05, 3.63) is 35.6 Å². The van der Waals surface area contributed by atoms with Crippen LogP contribution in [0.1, 0.15) is 25.8 Å². The predicted molar refractivity (Wildman–Crippen MR) is 75.1 cm³/mol. The number of hydrogen-bond donors (Lipinski definition) is 1. The van der Waals surface area contributed by atoms with Crippen LogP contribution in [0.5, 0.6) is 0 Å². The quantitative estimate of drug-likeness (QED) is 0.716. The Kier molecular flexibility index (Phi) is 6.91. The van der Waals surface area contributed by atoms with Crippen molar-refractivity contribution in [3.63, 3.8) is 0 Å². The van der Waals surface area contributed by atoms with Gasteiger partial charge >= 0.3 is 0 Å². The van der Waals surface area contributed by atoms with Crippen LogP contribution in [0.4, 0.5) is 4.39 Å². The van der Waals surface area contributed by atoms with E-state index in [4.69, 9.17) is 0 Å². The molecule has 1 N–H and O–H groups in total. The second-order valence-electron chi connectivity index (χ2n) is 5.14. The lowest BCUT2D eigenvalue weighted by atomic mass is 10.1. The number of nitrogens with one attached hydrogen (secondary N) is 1. The van der Waals surface area contributed by atoms with Gasteiger partial charge in [-0.15, -0.1) is 0 Å². The summed E-state index contributed by atoms with van der Waals surface area (Å²) in [6, 6.07) is 6.83. The monoisotopic (exact) mass is 252 g/mol. The van der Waals surface area contributed by atoms with Crippen LogP contribution in [0.2, 0.25) is 0 Å². The molecule has 1 atom stereocenters. The van der Waals surface area contributed by atoms with Crippen molar-refractivity contribution in [1.82, 2.24) is 10.2 Å². The third-order valence-electron chi connectivity index (χ3n) is 2.88. The number of halogens is 1. The minimum Gasteiger partial charge on any atom is -0.316 e. The van der Waals surface area contributed by atoms with Gasteiger partial charge in [0.15, 0.2) is 0 Å². The van der Waals surface area contributed by atoms with Crippen LogP contribution >= 0.6 is 0 Å². The van der Waals surface area contributed by atoms with Gasteiger partial charge in [-0.25, -0.2) is 4.39 Å². The van der Waals surface area contributed by atoms with Crippen molar-refractivity contribution in [2.45, 2.75) is 26.8 Å². The fourth-order valence-corrected chi connectivity index (χ4v) is 2.13. The maximum absolute atomic E-state index is 13.1. The van der Waals surface area contributed by atoms with Gasteiger partial charge in [-0.2, -0.15) is 0 Å². The molecule has 3 heteroatoms. The van der Waals surface area contributed by atoms with E-state index in [1.54, 1.807) is 12.1 Å². The molecule has 0 aromatic heterocycles. The van der Waals surface area contributed by atoms with Gasteiger partial charge in [-0.1, -0.05) is 26.0 Å². The zero-order valence-corrected chi connectivity index (χ0v) is 11.7. The van der Waals surface area contributed by atoms with Gasteiger partial charge in [0.2, 0.25) is 0 Å². The van der Waals surface area contributed by atoms with Crippen LogP contribution in [0.3, 0.4) is 0 Å². The van der Waals surface area contributed by atoms with Crippen LogP contribution in [0.25, 0.3) is 0 Å². The molecule has 2 nitrogen and oxygen atoms in total. The molecule has 1 aromatic rings. The van der Waals surface area contributed by atoms with Gasteiger partial charge in [-0.3, -0.25) is 0 Å². The first-order chi connectivity index (χ1) is 8.61. The Balaban J connectivity index is 2.30. The van der Waals surface area contributed by atoms with E-state index >= 15 is 0 Å². The fourth-order valence-electron chi connectivity index (χ4n) is 2.13. The van der Waals surface area contributed by atoms with E-state index < -0.39 is 0 Å².